The maximum absolute atomic E-state index is 12.0. The van der Waals surface area contributed by atoms with Gasteiger partial charge in [0.1, 0.15) is 0 Å². The molecular formula is C10H16F3NO4. The lowest BCUT2D eigenvalue weighted by atomic mass is 10.3. The van der Waals surface area contributed by atoms with Crippen LogP contribution in [0.2, 0.25) is 0 Å². The summed E-state index contributed by atoms with van der Waals surface area (Å²) in [5.74, 6) is -1.24. The van der Waals surface area contributed by atoms with Gasteiger partial charge in [-0.1, -0.05) is 0 Å². The zero-order chi connectivity index (χ0) is 14.2. The molecule has 0 atom stereocenters. The Bertz CT molecular complexity index is 263. The number of hydrogen-bond donors (Lipinski definition) is 0. The number of carbonyl (C=O) groups excluding carboxylic acids is 2. The van der Waals surface area contributed by atoms with E-state index in [1.807, 2.05) is 0 Å². The summed E-state index contributed by atoms with van der Waals surface area (Å²) >= 11 is 0. The van der Waals surface area contributed by atoms with Crippen LogP contribution in [0.4, 0.5) is 13.2 Å². The first-order valence-corrected chi connectivity index (χ1v) is 5.21. The average molecular weight is 271 g/mol. The molecule has 0 aliphatic carbocycles. The first-order valence-electron chi connectivity index (χ1n) is 5.21. The number of rotatable bonds is 7. The summed E-state index contributed by atoms with van der Waals surface area (Å²) in [6.45, 7) is -0.531. The Kier molecular flexibility index (Phi) is 7.33. The van der Waals surface area contributed by atoms with Gasteiger partial charge in [-0.05, 0) is 13.0 Å². The van der Waals surface area contributed by atoms with E-state index in [0.29, 0.717) is 0 Å². The molecule has 0 heterocycles. The van der Waals surface area contributed by atoms with Crippen molar-refractivity contribution in [2.24, 2.45) is 0 Å². The second-order valence-corrected chi connectivity index (χ2v) is 3.58. The molecule has 18 heavy (non-hydrogen) atoms. The third kappa shape index (κ3) is 8.80. The molecule has 0 rings (SSSR count). The summed E-state index contributed by atoms with van der Waals surface area (Å²) in [5.41, 5.74) is 0. The Labute approximate surface area is 103 Å². The molecule has 8 heteroatoms. The van der Waals surface area contributed by atoms with Crippen LogP contribution in [-0.2, 0) is 19.1 Å². The van der Waals surface area contributed by atoms with Gasteiger partial charge < -0.3 is 9.47 Å². The summed E-state index contributed by atoms with van der Waals surface area (Å²) in [5, 5.41) is 0. The SMILES string of the molecule is COC(=O)CN(CCCC(F)(F)F)CC(=O)OC. The van der Waals surface area contributed by atoms with Crippen molar-refractivity contribution in [1.82, 2.24) is 4.90 Å². The second-order valence-electron chi connectivity index (χ2n) is 3.58. The number of alkyl halides is 3. The standard InChI is InChI=1S/C10H16F3NO4/c1-17-8(15)6-14(7-9(16)18-2)5-3-4-10(11,12)13/h3-7H2,1-2H3. The van der Waals surface area contributed by atoms with Crippen molar-refractivity contribution in [3.05, 3.63) is 0 Å². The average Bonchev–Trinajstić information content (AvgIpc) is 2.26. The van der Waals surface area contributed by atoms with Crippen LogP contribution in [0.25, 0.3) is 0 Å². The summed E-state index contributed by atoms with van der Waals surface area (Å²) < 4.78 is 44.7. The van der Waals surface area contributed by atoms with Crippen LogP contribution in [-0.4, -0.2) is 56.9 Å². The van der Waals surface area contributed by atoms with E-state index < -0.39 is 24.5 Å². The molecule has 0 aromatic rings. The zero-order valence-electron chi connectivity index (χ0n) is 10.2. The molecule has 0 bridgehead atoms. The van der Waals surface area contributed by atoms with Crippen LogP contribution in [0.1, 0.15) is 12.8 Å². The Morgan fingerprint density at radius 1 is 1.06 bits per heavy atom. The molecule has 0 fully saturated rings. The number of hydrogen-bond acceptors (Lipinski definition) is 5. The maximum Gasteiger partial charge on any atom is 0.389 e. The number of halogens is 3. The first-order chi connectivity index (χ1) is 8.28. The Morgan fingerprint density at radius 2 is 1.50 bits per heavy atom. The molecule has 0 aliphatic rings. The zero-order valence-corrected chi connectivity index (χ0v) is 10.2. The number of esters is 2. The van der Waals surface area contributed by atoms with Gasteiger partial charge in [-0.2, -0.15) is 13.2 Å². The summed E-state index contributed by atoms with van der Waals surface area (Å²) in [7, 11) is 2.32. The van der Waals surface area contributed by atoms with E-state index in [1.165, 1.54) is 4.90 Å². The Hall–Kier alpha value is -1.31. The second kappa shape index (κ2) is 7.91. The quantitative estimate of drug-likeness (QED) is 0.646. The number of methoxy groups -OCH3 is 2. The third-order valence-electron chi connectivity index (χ3n) is 2.10. The number of nitrogens with zero attached hydrogens (tertiary/aromatic N) is 1. The van der Waals surface area contributed by atoms with Crippen LogP contribution in [0.5, 0.6) is 0 Å². The van der Waals surface area contributed by atoms with Crippen LogP contribution in [0.3, 0.4) is 0 Å². The molecule has 0 spiro atoms. The molecule has 106 valence electrons. The normalized spacial score (nSPS) is 11.4. The molecular weight excluding hydrogens is 255 g/mol. The molecule has 0 N–H and O–H groups in total. The molecule has 0 aliphatic heterocycles. The number of ether oxygens (including phenoxy) is 2. The minimum atomic E-state index is -4.25. The molecule has 0 aromatic carbocycles. The topological polar surface area (TPSA) is 55.8 Å². The molecule has 0 saturated heterocycles. The van der Waals surface area contributed by atoms with Crippen molar-refractivity contribution in [1.29, 1.82) is 0 Å². The number of carbonyl (C=O) groups is 2. The van der Waals surface area contributed by atoms with Gasteiger partial charge in [0.25, 0.3) is 0 Å². The van der Waals surface area contributed by atoms with E-state index in [4.69, 9.17) is 0 Å². The lowest BCUT2D eigenvalue weighted by molar-refractivity contribution is -0.146. The van der Waals surface area contributed by atoms with Gasteiger partial charge in [-0.3, -0.25) is 14.5 Å². The maximum atomic E-state index is 12.0. The van der Waals surface area contributed by atoms with Gasteiger partial charge in [-0.25, -0.2) is 0 Å². The molecule has 5 nitrogen and oxygen atoms in total. The van der Waals surface area contributed by atoms with Crippen molar-refractivity contribution >= 4 is 11.9 Å². The third-order valence-corrected chi connectivity index (χ3v) is 2.10. The highest BCUT2D eigenvalue weighted by atomic mass is 19.4. The Morgan fingerprint density at radius 3 is 1.83 bits per heavy atom. The van der Waals surface area contributed by atoms with Crippen LogP contribution in [0.15, 0.2) is 0 Å². The first kappa shape index (κ1) is 16.7. The van der Waals surface area contributed by atoms with Crippen LogP contribution >= 0.6 is 0 Å². The van der Waals surface area contributed by atoms with Gasteiger partial charge in [-0.15, -0.1) is 0 Å². The highest BCUT2D eigenvalue weighted by Crippen LogP contribution is 2.21. The molecule has 0 aromatic heterocycles. The van der Waals surface area contributed by atoms with Gasteiger partial charge in [0.05, 0.1) is 27.3 Å². The smallest absolute Gasteiger partial charge is 0.389 e. The van der Waals surface area contributed by atoms with Crippen molar-refractivity contribution in [2.45, 2.75) is 19.0 Å². The molecule has 0 saturated carbocycles. The van der Waals surface area contributed by atoms with E-state index in [1.54, 1.807) is 0 Å². The summed E-state index contributed by atoms with van der Waals surface area (Å²) in [6.07, 6.45) is -5.41. The predicted molar refractivity (Wildman–Crippen MR) is 55.8 cm³/mol. The summed E-state index contributed by atoms with van der Waals surface area (Å²) in [6, 6.07) is 0. The summed E-state index contributed by atoms with van der Waals surface area (Å²) in [4.78, 5) is 23.3. The van der Waals surface area contributed by atoms with Crippen LogP contribution in [0, 0.1) is 0 Å². The minimum Gasteiger partial charge on any atom is -0.468 e. The van der Waals surface area contributed by atoms with Gasteiger partial charge in [0.2, 0.25) is 0 Å². The Balaban J connectivity index is 4.20. The molecule has 0 amide bonds. The van der Waals surface area contributed by atoms with Crippen LogP contribution < -0.4 is 0 Å². The van der Waals surface area contributed by atoms with Crippen molar-refractivity contribution in [3.8, 4) is 0 Å². The van der Waals surface area contributed by atoms with E-state index in [0.717, 1.165) is 14.2 Å². The van der Waals surface area contributed by atoms with Gasteiger partial charge in [0, 0.05) is 6.42 Å². The van der Waals surface area contributed by atoms with Crippen molar-refractivity contribution in [3.63, 3.8) is 0 Å². The lowest BCUT2D eigenvalue weighted by Crippen LogP contribution is -2.36. The van der Waals surface area contributed by atoms with E-state index in [-0.39, 0.29) is 26.1 Å². The van der Waals surface area contributed by atoms with E-state index in [9.17, 15) is 22.8 Å². The van der Waals surface area contributed by atoms with Crippen molar-refractivity contribution in [2.75, 3.05) is 33.9 Å². The minimum absolute atomic E-state index is 0.0380. The fourth-order valence-corrected chi connectivity index (χ4v) is 1.21. The van der Waals surface area contributed by atoms with E-state index in [2.05, 4.69) is 9.47 Å². The molecule has 0 unspecified atom stereocenters. The lowest BCUT2D eigenvalue weighted by Gasteiger charge is -2.19. The predicted octanol–water partition coefficient (Wildman–Crippen LogP) is 0.977. The monoisotopic (exact) mass is 271 g/mol. The fraction of sp³-hybridized carbons (Fsp3) is 0.800. The van der Waals surface area contributed by atoms with Crippen molar-refractivity contribution < 1.29 is 32.2 Å². The van der Waals surface area contributed by atoms with Gasteiger partial charge in [0.15, 0.2) is 0 Å². The largest absolute Gasteiger partial charge is 0.468 e. The molecule has 0 radical (unpaired) electrons. The van der Waals surface area contributed by atoms with Gasteiger partial charge >= 0.3 is 18.1 Å². The highest BCUT2D eigenvalue weighted by molar-refractivity contribution is 5.74. The fourth-order valence-electron chi connectivity index (χ4n) is 1.21. The van der Waals surface area contributed by atoms with E-state index >= 15 is 0 Å². The highest BCUT2D eigenvalue weighted by Gasteiger charge is 2.27.